The van der Waals surface area contributed by atoms with E-state index in [1.807, 2.05) is 31.3 Å². The van der Waals surface area contributed by atoms with Crippen molar-refractivity contribution >= 4 is 17.5 Å². The molecule has 28 heavy (non-hydrogen) atoms. The Labute approximate surface area is 168 Å². The summed E-state index contributed by atoms with van der Waals surface area (Å²) in [5.41, 5.74) is 2.02. The van der Waals surface area contributed by atoms with Crippen LogP contribution >= 0.6 is 0 Å². The quantitative estimate of drug-likeness (QED) is 0.760. The second-order valence-electron chi connectivity index (χ2n) is 9.48. The minimum atomic E-state index is -0.0778. The molecule has 4 aliphatic carbocycles. The maximum atomic E-state index is 12.7. The van der Waals surface area contributed by atoms with Crippen molar-refractivity contribution in [1.82, 2.24) is 10.2 Å². The number of nitrogens with one attached hydrogen (secondary N) is 2. The number of hydrogen-bond donors (Lipinski definition) is 2. The topological polar surface area (TPSA) is 61.4 Å². The lowest BCUT2D eigenvalue weighted by molar-refractivity contribution is -0.128. The second-order valence-corrected chi connectivity index (χ2v) is 9.48. The summed E-state index contributed by atoms with van der Waals surface area (Å²) in [7, 11) is 1.84. The average molecular weight is 384 g/mol. The summed E-state index contributed by atoms with van der Waals surface area (Å²) in [5, 5.41) is 6.36. The summed E-state index contributed by atoms with van der Waals surface area (Å²) in [6.45, 7) is 2.56. The number of carbonyl (C=O) groups is 2. The predicted molar refractivity (Wildman–Crippen MR) is 111 cm³/mol. The number of carbonyl (C=O) groups excluding carboxylic acids is 2. The molecule has 0 aliphatic heterocycles. The van der Waals surface area contributed by atoms with Gasteiger partial charge in [0.25, 0.3) is 0 Å². The molecule has 5 nitrogen and oxygen atoms in total. The lowest BCUT2D eigenvalue weighted by Gasteiger charge is -2.57. The average Bonchev–Trinajstić information content (AvgIpc) is 2.60. The summed E-state index contributed by atoms with van der Waals surface area (Å²) < 4.78 is 0. The highest BCUT2D eigenvalue weighted by Gasteiger charge is 2.51. The Bertz CT molecular complexity index is 710. The van der Waals surface area contributed by atoms with Crippen LogP contribution < -0.4 is 10.6 Å². The molecule has 4 aliphatic rings. The fourth-order valence-electron chi connectivity index (χ4n) is 6.29. The van der Waals surface area contributed by atoms with Crippen LogP contribution in [0.5, 0.6) is 0 Å². The van der Waals surface area contributed by atoms with Crippen molar-refractivity contribution in [3.05, 3.63) is 29.8 Å². The van der Waals surface area contributed by atoms with Crippen LogP contribution in [0.2, 0.25) is 0 Å². The zero-order chi connectivity index (χ0) is 19.7. The molecule has 0 aromatic heterocycles. The Morgan fingerprint density at radius 2 is 1.57 bits per heavy atom. The van der Waals surface area contributed by atoms with Crippen LogP contribution in [0, 0.1) is 17.8 Å². The van der Waals surface area contributed by atoms with Gasteiger partial charge in [-0.1, -0.05) is 25.1 Å². The Kier molecular flexibility index (Phi) is 5.46. The van der Waals surface area contributed by atoms with Crippen LogP contribution in [0.1, 0.15) is 51.0 Å². The smallest absolute Gasteiger partial charge is 0.238 e. The first kappa shape index (κ1) is 19.4. The number of anilines is 1. The van der Waals surface area contributed by atoms with E-state index < -0.39 is 0 Å². The predicted octanol–water partition coefficient (Wildman–Crippen LogP) is 3.20. The Morgan fingerprint density at radius 3 is 2.18 bits per heavy atom. The number of hydrogen-bond acceptors (Lipinski definition) is 3. The molecule has 1 aromatic carbocycles. The molecule has 0 saturated heterocycles. The van der Waals surface area contributed by atoms with Crippen LogP contribution in [-0.4, -0.2) is 42.4 Å². The van der Waals surface area contributed by atoms with E-state index in [0.29, 0.717) is 0 Å². The van der Waals surface area contributed by atoms with Gasteiger partial charge in [-0.3, -0.25) is 14.5 Å². The third-order valence-corrected chi connectivity index (χ3v) is 6.94. The minimum absolute atomic E-state index is 0.0367. The molecule has 0 unspecified atom stereocenters. The van der Waals surface area contributed by atoms with Crippen molar-refractivity contribution in [2.75, 3.05) is 25.5 Å². The first-order valence-corrected chi connectivity index (χ1v) is 10.8. The fourth-order valence-corrected chi connectivity index (χ4v) is 6.29. The zero-order valence-electron chi connectivity index (χ0n) is 17.2. The highest BCUT2D eigenvalue weighted by Crippen LogP contribution is 2.55. The van der Waals surface area contributed by atoms with Crippen molar-refractivity contribution in [2.45, 2.75) is 57.4 Å². The van der Waals surface area contributed by atoms with E-state index in [2.05, 4.69) is 17.6 Å². The van der Waals surface area contributed by atoms with E-state index >= 15 is 0 Å². The van der Waals surface area contributed by atoms with E-state index in [-0.39, 0.29) is 30.4 Å². The van der Waals surface area contributed by atoms with Crippen molar-refractivity contribution in [2.24, 2.45) is 17.8 Å². The molecule has 4 bridgehead atoms. The maximum Gasteiger partial charge on any atom is 0.238 e. The van der Waals surface area contributed by atoms with Gasteiger partial charge in [-0.25, -0.2) is 0 Å². The van der Waals surface area contributed by atoms with Crippen LogP contribution in [-0.2, 0) is 16.0 Å². The molecule has 5 heteroatoms. The SMILES string of the molecule is CCc1ccccc1NC(=O)CN(C)CC(=O)NC12CC3CC(CC(C3)C1)C2. The third kappa shape index (κ3) is 4.24. The lowest BCUT2D eigenvalue weighted by Crippen LogP contribution is -2.61. The number of benzene rings is 1. The van der Waals surface area contributed by atoms with Crippen molar-refractivity contribution in [3.63, 3.8) is 0 Å². The van der Waals surface area contributed by atoms with Gasteiger partial charge in [0.15, 0.2) is 0 Å². The molecule has 0 radical (unpaired) electrons. The number of aryl methyl sites for hydroxylation is 1. The molecule has 0 atom stereocenters. The molecule has 2 amide bonds. The zero-order valence-corrected chi connectivity index (χ0v) is 17.2. The highest BCUT2D eigenvalue weighted by atomic mass is 16.2. The summed E-state index contributed by atoms with van der Waals surface area (Å²) in [6.07, 6.45) is 8.45. The van der Waals surface area contributed by atoms with Gasteiger partial charge >= 0.3 is 0 Å². The molecule has 5 rings (SSSR count). The fraction of sp³-hybridized carbons (Fsp3) is 0.652. The summed E-state index contributed by atoms with van der Waals surface area (Å²) in [4.78, 5) is 26.9. The van der Waals surface area contributed by atoms with Gasteiger partial charge in [-0.05, 0) is 81.4 Å². The van der Waals surface area contributed by atoms with E-state index in [1.54, 1.807) is 4.90 Å². The largest absolute Gasteiger partial charge is 0.350 e. The van der Waals surface area contributed by atoms with Crippen molar-refractivity contribution in [1.29, 1.82) is 0 Å². The molecule has 1 aromatic rings. The van der Waals surface area contributed by atoms with Gasteiger partial charge in [0, 0.05) is 11.2 Å². The van der Waals surface area contributed by atoms with Gasteiger partial charge in [0.1, 0.15) is 0 Å². The first-order chi connectivity index (χ1) is 13.4. The standard InChI is InChI=1S/C23H33N3O2/c1-3-19-6-4-5-7-20(19)24-21(27)14-26(2)15-22(28)25-23-11-16-8-17(12-23)10-18(9-16)13-23/h4-7,16-18H,3,8-15H2,1-2H3,(H,24,27)(H,25,28). The van der Waals surface area contributed by atoms with Crippen LogP contribution in [0.15, 0.2) is 24.3 Å². The molecule has 0 spiro atoms. The Hall–Kier alpha value is -1.88. The maximum absolute atomic E-state index is 12.7. The number of rotatable bonds is 7. The molecule has 4 saturated carbocycles. The second kappa shape index (κ2) is 7.86. The van der Waals surface area contributed by atoms with E-state index in [9.17, 15) is 9.59 Å². The van der Waals surface area contributed by atoms with Gasteiger partial charge in [0.2, 0.25) is 11.8 Å². The molecule has 4 fully saturated rings. The number of likely N-dealkylation sites (N-methyl/N-ethyl adjacent to an activating group) is 1. The van der Waals surface area contributed by atoms with Crippen LogP contribution in [0.4, 0.5) is 5.69 Å². The number of para-hydroxylation sites is 1. The Balaban J connectivity index is 1.27. The Morgan fingerprint density at radius 1 is 1.00 bits per heavy atom. The van der Waals surface area contributed by atoms with Gasteiger partial charge in [-0.15, -0.1) is 0 Å². The molecule has 0 heterocycles. The van der Waals surface area contributed by atoms with Crippen molar-refractivity contribution in [3.8, 4) is 0 Å². The molecular formula is C23H33N3O2. The molecule has 2 N–H and O–H groups in total. The summed E-state index contributed by atoms with van der Waals surface area (Å²) in [5.74, 6) is 2.42. The van der Waals surface area contributed by atoms with Gasteiger partial charge < -0.3 is 10.6 Å². The molecular weight excluding hydrogens is 350 g/mol. The lowest BCUT2D eigenvalue weighted by atomic mass is 9.53. The number of nitrogens with zero attached hydrogens (tertiary/aromatic N) is 1. The van der Waals surface area contributed by atoms with E-state index in [1.165, 1.54) is 19.3 Å². The highest BCUT2D eigenvalue weighted by molar-refractivity contribution is 5.93. The summed E-state index contributed by atoms with van der Waals surface area (Å²) >= 11 is 0. The summed E-state index contributed by atoms with van der Waals surface area (Å²) in [6, 6.07) is 7.86. The van der Waals surface area contributed by atoms with Crippen LogP contribution in [0.25, 0.3) is 0 Å². The van der Waals surface area contributed by atoms with Crippen LogP contribution in [0.3, 0.4) is 0 Å². The first-order valence-electron chi connectivity index (χ1n) is 10.8. The minimum Gasteiger partial charge on any atom is -0.350 e. The van der Waals surface area contributed by atoms with Gasteiger partial charge in [-0.2, -0.15) is 0 Å². The normalized spacial score (nSPS) is 30.5. The molecule has 152 valence electrons. The van der Waals surface area contributed by atoms with E-state index in [0.717, 1.165) is 54.7 Å². The van der Waals surface area contributed by atoms with E-state index in [4.69, 9.17) is 0 Å². The monoisotopic (exact) mass is 383 g/mol. The number of amides is 2. The van der Waals surface area contributed by atoms with Crippen molar-refractivity contribution < 1.29 is 9.59 Å². The van der Waals surface area contributed by atoms with Gasteiger partial charge in [0.05, 0.1) is 13.1 Å². The third-order valence-electron chi connectivity index (χ3n) is 6.94.